The Hall–Kier alpha value is -2.07. The van der Waals surface area contributed by atoms with Crippen molar-refractivity contribution < 1.29 is 9.21 Å². The van der Waals surface area contributed by atoms with Crippen molar-refractivity contribution in [2.45, 2.75) is 44.3 Å². The number of carbonyl (C=O) groups excluding carboxylic acids is 1. The number of rotatable bonds is 4. The summed E-state index contributed by atoms with van der Waals surface area (Å²) in [5, 5.41) is 0. The number of benzene rings is 1. The van der Waals surface area contributed by atoms with Gasteiger partial charge >= 0.3 is 0 Å². The first-order chi connectivity index (χ1) is 11.8. The molecule has 2 aliphatic heterocycles. The number of hydrogen-bond acceptors (Lipinski definition) is 3. The van der Waals surface area contributed by atoms with Crippen LogP contribution in [0.4, 0.5) is 0 Å². The third-order valence-electron chi connectivity index (χ3n) is 5.38. The van der Waals surface area contributed by atoms with Gasteiger partial charge in [0.25, 0.3) is 5.91 Å². The van der Waals surface area contributed by atoms with Crippen molar-refractivity contribution in [3.05, 3.63) is 60.1 Å². The van der Waals surface area contributed by atoms with E-state index in [0.717, 1.165) is 32.5 Å². The first kappa shape index (κ1) is 15.5. The number of amides is 1. The molecule has 0 aliphatic carbocycles. The lowest BCUT2D eigenvalue weighted by molar-refractivity contribution is 0.0608. The molecule has 2 saturated heterocycles. The summed E-state index contributed by atoms with van der Waals surface area (Å²) in [6.45, 7) is 2.95. The lowest BCUT2D eigenvalue weighted by Crippen LogP contribution is -2.48. The van der Waals surface area contributed by atoms with E-state index < -0.39 is 0 Å². The summed E-state index contributed by atoms with van der Waals surface area (Å²) in [5.41, 5.74) is 1.35. The van der Waals surface area contributed by atoms with Gasteiger partial charge in [0, 0.05) is 25.2 Å². The second kappa shape index (κ2) is 6.81. The van der Waals surface area contributed by atoms with Crippen molar-refractivity contribution in [1.82, 2.24) is 9.80 Å². The Labute approximate surface area is 143 Å². The minimum atomic E-state index is 0.0501. The van der Waals surface area contributed by atoms with Crippen LogP contribution in [-0.2, 0) is 6.54 Å². The van der Waals surface area contributed by atoms with E-state index in [-0.39, 0.29) is 5.91 Å². The largest absolute Gasteiger partial charge is 0.459 e. The average Bonchev–Trinajstić information content (AvgIpc) is 3.36. The van der Waals surface area contributed by atoms with Crippen LogP contribution in [0.1, 0.15) is 41.8 Å². The lowest BCUT2D eigenvalue weighted by Gasteiger charge is -2.34. The van der Waals surface area contributed by atoms with E-state index in [4.69, 9.17) is 4.42 Å². The van der Waals surface area contributed by atoms with Gasteiger partial charge in [0.05, 0.1) is 6.26 Å². The summed E-state index contributed by atoms with van der Waals surface area (Å²) >= 11 is 0. The van der Waals surface area contributed by atoms with Crippen LogP contribution in [0.15, 0.2) is 53.1 Å². The Kier molecular flexibility index (Phi) is 4.39. The first-order valence-electron chi connectivity index (χ1n) is 8.95. The fraction of sp³-hybridized carbons (Fsp3) is 0.450. The Morgan fingerprint density at radius 1 is 1.00 bits per heavy atom. The van der Waals surface area contributed by atoms with Gasteiger partial charge in [-0.1, -0.05) is 30.3 Å². The molecule has 4 nitrogen and oxygen atoms in total. The van der Waals surface area contributed by atoms with E-state index in [1.807, 2.05) is 4.90 Å². The number of nitrogens with zero attached hydrogens (tertiary/aromatic N) is 2. The van der Waals surface area contributed by atoms with Gasteiger partial charge in [0.1, 0.15) is 0 Å². The summed E-state index contributed by atoms with van der Waals surface area (Å²) in [5.74, 6) is 0.517. The predicted molar refractivity (Wildman–Crippen MR) is 92.6 cm³/mol. The van der Waals surface area contributed by atoms with Crippen LogP contribution in [0.2, 0.25) is 0 Å². The summed E-state index contributed by atoms with van der Waals surface area (Å²) in [4.78, 5) is 17.4. The third-order valence-corrected chi connectivity index (χ3v) is 5.38. The highest BCUT2D eigenvalue weighted by molar-refractivity contribution is 5.91. The van der Waals surface area contributed by atoms with Crippen molar-refractivity contribution in [1.29, 1.82) is 0 Å². The molecule has 2 aromatic rings. The van der Waals surface area contributed by atoms with Crippen LogP contribution >= 0.6 is 0 Å². The van der Waals surface area contributed by atoms with E-state index in [2.05, 4.69) is 35.2 Å². The maximum Gasteiger partial charge on any atom is 0.289 e. The lowest BCUT2D eigenvalue weighted by atomic mass is 10.0. The van der Waals surface area contributed by atoms with Crippen molar-refractivity contribution in [2.24, 2.45) is 0 Å². The van der Waals surface area contributed by atoms with Gasteiger partial charge in [-0.25, -0.2) is 0 Å². The second-order valence-corrected chi connectivity index (χ2v) is 6.85. The molecule has 0 radical (unpaired) electrons. The molecule has 2 fully saturated rings. The maximum atomic E-state index is 12.8. The highest BCUT2D eigenvalue weighted by Gasteiger charge is 2.40. The Morgan fingerprint density at radius 3 is 2.58 bits per heavy atom. The molecule has 0 unspecified atom stereocenters. The van der Waals surface area contributed by atoms with Gasteiger partial charge < -0.3 is 9.32 Å². The molecular formula is C20H24N2O2. The average molecular weight is 324 g/mol. The second-order valence-electron chi connectivity index (χ2n) is 6.85. The van der Waals surface area contributed by atoms with Gasteiger partial charge in [0.2, 0.25) is 0 Å². The van der Waals surface area contributed by atoms with Crippen molar-refractivity contribution in [2.75, 3.05) is 13.1 Å². The van der Waals surface area contributed by atoms with Crippen LogP contribution in [0, 0.1) is 0 Å². The van der Waals surface area contributed by atoms with Gasteiger partial charge in [-0.2, -0.15) is 0 Å². The molecule has 1 amide bonds. The van der Waals surface area contributed by atoms with Crippen molar-refractivity contribution in [3.8, 4) is 0 Å². The minimum Gasteiger partial charge on any atom is -0.459 e. The topological polar surface area (TPSA) is 36.7 Å². The zero-order chi connectivity index (χ0) is 16.4. The molecule has 3 heterocycles. The molecular weight excluding hydrogens is 300 g/mol. The normalized spacial score (nSPS) is 24.6. The standard InChI is InChI=1S/C20H24N2O2/c23-20(19-11-6-14-24-19)22-13-5-10-18(22)17-9-4-12-21(17)15-16-7-2-1-3-8-16/h1-3,6-8,11,14,17-18H,4-5,9-10,12-13,15H2/t17-,18-/m0/s1. The zero-order valence-electron chi connectivity index (χ0n) is 13.9. The molecule has 24 heavy (non-hydrogen) atoms. The molecule has 1 aromatic carbocycles. The van der Waals surface area contributed by atoms with Gasteiger partial charge in [-0.3, -0.25) is 9.69 Å². The molecule has 126 valence electrons. The van der Waals surface area contributed by atoms with Gasteiger partial charge in [0.15, 0.2) is 5.76 Å². The van der Waals surface area contributed by atoms with Crippen LogP contribution < -0.4 is 0 Å². The molecule has 4 rings (SSSR count). The molecule has 2 atom stereocenters. The van der Waals surface area contributed by atoms with E-state index in [1.54, 1.807) is 18.4 Å². The van der Waals surface area contributed by atoms with E-state index in [9.17, 15) is 4.79 Å². The monoisotopic (exact) mass is 324 g/mol. The maximum absolute atomic E-state index is 12.8. The van der Waals surface area contributed by atoms with Crippen molar-refractivity contribution in [3.63, 3.8) is 0 Å². The van der Waals surface area contributed by atoms with Crippen LogP contribution in [-0.4, -0.2) is 40.9 Å². The fourth-order valence-electron chi connectivity index (χ4n) is 4.29. The van der Waals surface area contributed by atoms with Crippen LogP contribution in [0.25, 0.3) is 0 Å². The molecule has 0 bridgehead atoms. The molecule has 0 saturated carbocycles. The molecule has 0 spiro atoms. The van der Waals surface area contributed by atoms with Gasteiger partial charge in [-0.05, 0) is 49.9 Å². The summed E-state index contributed by atoms with van der Waals surface area (Å²) in [7, 11) is 0. The molecule has 0 N–H and O–H groups in total. The van der Waals surface area contributed by atoms with E-state index in [1.165, 1.54) is 18.4 Å². The molecule has 2 aliphatic rings. The number of carbonyl (C=O) groups is 1. The summed E-state index contributed by atoms with van der Waals surface area (Å²) in [6, 6.07) is 15.0. The number of likely N-dealkylation sites (tertiary alicyclic amines) is 2. The zero-order valence-corrected chi connectivity index (χ0v) is 13.9. The number of hydrogen-bond donors (Lipinski definition) is 0. The highest BCUT2D eigenvalue weighted by atomic mass is 16.3. The third kappa shape index (κ3) is 2.98. The Bertz CT molecular complexity index is 668. The Morgan fingerprint density at radius 2 is 1.79 bits per heavy atom. The minimum absolute atomic E-state index is 0.0501. The molecule has 4 heteroatoms. The van der Waals surface area contributed by atoms with Crippen LogP contribution in [0.5, 0.6) is 0 Å². The van der Waals surface area contributed by atoms with Gasteiger partial charge in [-0.15, -0.1) is 0 Å². The van der Waals surface area contributed by atoms with Crippen molar-refractivity contribution >= 4 is 5.91 Å². The number of furan rings is 1. The predicted octanol–water partition coefficient (Wildman–Crippen LogP) is 3.55. The van der Waals surface area contributed by atoms with E-state index >= 15 is 0 Å². The smallest absolute Gasteiger partial charge is 0.289 e. The molecule has 1 aromatic heterocycles. The SMILES string of the molecule is O=C(c1ccco1)N1CCC[C@H]1[C@@H]1CCCN1Cc1ccccc1. The summed E-state index contributed by atoms with van der Waals surface area (Å²) < 4.78 is 5.34. The van der Waals surface area contributed by atoms with E-state index in [0.29, 0.717) is 17.8 Å². The van der Waals surface area contributed by atoms with Crippen LogP contribution in [0.3, 0.4) is 0 Å². The highest BCUT2D eigenvalue weighted by Crippen LogP contribution is 2.32. The quantitative estimate of drug-likeness (QED) is 0.863. The summed E-state index contributed by atoms with van der Waals surface area (Å²) in [6.07, 6.45) is 6.17. The first-order valence-corrected chi connectivity index (χ1v) is 8.95. The fourth-order valence-corrected chi connectivity index (χ4v) is 4.29. The Balaban J connectivity index is 1.49.